The highest BCUT2D eigenvalue weighted by atomic mass is 16.5. The highest BCUT2D eigenvalue weighted by molar-refractivity contribution is 5.83. The number of furan rings is 1. The molecule has 1 N–H and O–H groups in total. The van der Waals surface area contributed by atoms with E-state index in [0.717, 1.165) is 5.76 Å². The topological polar surface area (TPSA) is 87.6 Å². The third-order valence-corrected chi connectivity index (χ3v) is 2.79. The van der Waals surface area contributed by atoms with Crippen molar-refractivity contribution < 1.29 is 13.9 Å². The molecule has 0 spiro atoms. The predicted octanol–water partition coefficient (Wildman–Crippen LogP) is 2.38. The summed E-state index contributed by atoms with van der Waals surface area (Å²) in [6.07, 6.45) is 0.697. The van der Waals surface area contributed by atoms with E-state index in [-0.39, 0.29) is 5.91 Å². The number of benzene rings is 1. The SMILES string of the molecule is Cc1ccc(/C=N/NC(=O)C(C)Oc2ccc(C#N)cc2)o1. The van der Waals surface area contributed by atoms with Crippen LogP contribution in [0.15, 0.2) is 45.9 Å². The molecule has 1 heterocycles. The first-order valence-corrected chi connectivity index (χ1v) is 6.64. The zero-order valence-corrected chi connectivity index (χ0v) is 12.2. The molecule has 1 aromatic carbocycles. The van der Waals surface area contributed by atoms with Crippen molar-refractivity contribution in [2.24, 2.45) is 5.10 Å². The Balaban J connectivity index is 1.86. The van der Waals surface area contributed by atoms with Crippen LogP contribution in [0.1, 0.15) is 24.0 Å². The average Bonchev–Trinajstić information content (AvgIpc) is 2.93. The quantitative estimate of drug-likeness (QED) is 0.678. The first kappa shape index (κ1) is 15.3. The number of hydrazone groups is 1. The second-order valence-corrected chi connectivity index (χ2v) is 4.58. The van der Waals surface area contributed by atoms with Crippen molar-refractivity contribution >= 4 is 12.1 Å². The van der Waals surface area contributed by atoms with Crippen LogP contribution in [0.25, 0.3) is 0 Å². The number of aryl methyl sites for hydroxylation is 1. The first-order chi connectivity index (χ1) is 10.6. The van der Waals surface area contributed by atoms with E-state index in [0.29, 0.717) is 17.1 Å². The van der Waals surface area contributed by atoms with E-state index in [4.69, 9.17) is 14.4 Å². The molecule has 0 saturated carbocycles. The molecule has 1 atom stereocenters. The molecule has 22 heavy (non-hydrogen) atoms. The normalized spacial score (nSPS) is 11.9. The van der Waals surface area contributed by atoms with Gasteiger partial charge in [-0.15, -0.1) is 0 Å². The molecule has 6 heteroatoms. The number of hydrogen-bond acceptors (Lipinski definition) is 5. The van der Waals surface area contributed by atoms with Gasteiger partial charge in [-0.2, -0.15) is 10.4 Å². The van der Waals surface area contributed by atoms with Crippen LogP contribution >= 0.6 is 0 Å². The molecule has 0 saturated heterocycles. The number of rotatable bonds is 5. The number of nitrogens with one attached hydrogen (secondary N) is 1. The summed E-state index contributed by atoms with van der Waals surface area (Å²) in [5.74, 6) is 1.44. The van der Waals surface area contributed by atoms with Crippen molar-refractivity contribution in [1.29, 1.82) is 5.26 Å². The molecule has 0 aliphatic rings. The van der Waals surface area contributed by atoms with Gasteiger partial charge in [0.2, 0.25) is 0 Å². The van der Waals surface area contributed by atoms with Crippen LogP contribution < -0.4 is 10.2 Å². The van der Waals surface area contributed by atoms with E-state index in [1.165, 1.54) is 6.21 Å². The zero-order chi connectivity index (χ0) is 15.9. The highest BCUT2D eigenvalue weighted by Gasteiger charge is 2.13. The van der Waals surface area contributed by atoms with Crippen molar-refractivity contribution in [2.45, 2.75) is 20.0 Å². The Hall–Kier alpha value is -3.07. The van der Waals surface area contributed by atoms with E-state index in [2.05, 4.69) is 10.5 Å². The summed E-state index contributed by atoms with van der Waals surface area (Å²) in [4.78, 5) is 11.8. The van der Waals surface area contributed by atoms with Crippen molar-refractivity contribution in [2.75, 3.05) is 0 Å². The minimum atomic E-state index is -0.719. The number of carbonyl (C=O) groups is 1. The molecule has 1 amide bonds. The van der Waals surface area contributed by atoms with Gasteiger partial charge >= 0.3 is 0 Å². The van der Waals surface area contributed by atoms with Crippen molar-refractivity contribution in [3.63, 3.8) is 0 Å². The van der Waals surface area contributed by atoms with Gasteiger partial charge in [0.25, 0.3) is 5.91 Å². The number of nitrogens with zero attached hydrogens (tertiary/aromatic N) is 2. The van der Waals surface area contributed by atoms with Gasteiger partial charge in [0.05, 0.1) is 17.8 Å². The maximum atomic E-state index is 11.8. The Morgan fingerprint density at radius 1 is 1.36 bits per heavy atom. The third kappa shape index (κ3) is 4.21. The summed E-state index contributed by atoms with van der Waals surface area (Å²) in [7, 11) is 0. The summed E-state index contributed by atoms with van der Waals surface area (Å²) < 4.78 is 10.7. The van der Waals surface area contributed by atoms with Crippen molar-refractivity contribution in [3.8, 4) is 11.8 Å². The largest absolute Gasteiger partial charge is 0.481 e. The summed E-state index contributed by atoms with van der Waals surface area (Å²) in [6.45, 7) is 3.43. The summed E-state index contributed by atoms with van der Waals surface area (Å²) in [5.41, 5.74) is 2.91. The van der Waals surface area contributed by atoms with Crippen LogP contribution in [0.3, 0.4) is 0 Å². The molecule has 112 valence electrons. The lowest BCUT2D eigenvalue weighted by molar-refractivity contribution is -0.127. The molecule has 1 aromatic heterocycles. The Kier molecular flexibility index (Phi) is 4.94. The van der Waals surface area contributed by atoms with Crippen LogP contribution in [0.4, 0.5) is 0 Å². The minimum Gasteiger partial charge on any atom is -0.481 e. The Morgan fingerprint density at radius 3 is 2.68 bits per heavy atom. The monoisotopic (exact) mass is 297 g/mol. The zero-order valence-electron chi connectivity index (χ0n) is 12.2. The lowest BCUT2D eigenvalue weighted by Gasteiger charge is -2.12. The van der Waals surface area contributed by atoms with Gasteiger partial charge in [-0.05, 0) is 50.2 Å². The van der Waals surface area contributed by atoms with Gasteiger partial charge in [-0.25, -0.2) is 5.43 Å². The number of carbonyl (C=O) groups excluding carboxylic acids is 1. The van der Waals surface area contributed by atoms with Gasteiger partial charge in [-0.1, -0.05) is 0 Å². The summed E-state index contributed by atoms with van der Waals surface area (Å²) in [5, 5.41) is 12.5. The van der Waals surface area contributed by atoms with Gasteiger partial charge < -0.3 is 9.15 Å². The number of nitriles is 1. The van der Waals surface area contributed by atoms with Crippen LogP contribution in [0, 0.1) is 18.3 Å². The molecule has 2 aromatic rings. The molecule has 0 aliphatic heterocycles. The molecule has 6 nitrogen and oxygen atoms in total. The van der Waals surface area contributed by atoms with Crippen molar-refractivity contribution in [3.05, 3.63) is 53.5 Å². The fourth-order valence-corrected chi connectivity index (χ4v) is 1.64. The number of amides is 1. The Morgan fingerprint density at radius 2 is 2.09 bits per heavy atom. The van der Waals surface area contributed by atoms with Crippen molar-refractivity contribution in [1.82, 2.24) is 5.43 Å². The van der Waals surface area contributed by atoms with E-state index in [9.17, 15) is 4.79 Å². The van der Waals surface area contributed by atoms with Gasteiger partial charge in [0, 0.05) is 0 Å². The van der Waals surface area contributed by atoms with Crippen LogP contribution in [-0.2, 0) is 4.79 Å². The van der Waals surface area contributed by atoms with Gasteiger partial charge in [0.15, 0.2) is 6.10 Å². The molecule has 1 unspecified atom stereocenters. The summed E-state index contributed by atoms with van der Waals surface area (Å²) in [6, 6.07) is 12.1. The van der Waals surface area contributed by atoms with E-state index in [1.807, 2.05) is 13.0 Å². The lowest BCUT2D eigenvalue weighted by Crippen LogP contribution is -2.33. The molecule has 2 rings (SSSR count). The fourth-order valence-electron chi connectivity index (χ4n) is 1.64. The molecular formula is C16H15N3O3. The fraction of sp³-hybridized carbons (Fsp3) is 0.188. The van der Waals surface area contributed by atoms with Gasteiger partial charge in [0.1, 0.15) is 17.3 Å². The Bertz CT molecular complexity index is 711. The maximum absolute atomic E-state index is 11.8. The average molecular weight is 297 g/mol. The van der Waals surface area contributed by atoms with E-state index < -0.39 is 6.10 Å². The van der Waals surface area contributed by atoms with E-state index >= 15 is 0 Å². The highest BCUT2D eigenvalue weighted by Crippen LogP contribution is 2.13. The number of ether oxygens (including phenoxy) is 1. The second kappa shape index (κ2) is 7.09. The maximum Gasteiger partial charge on any atom is 0.280 e. The van der Waals surface area contributed by atoms with Crippen LogP contribution in [0.2, 0.25) is 0 Å². The smallest absolute Gasteiger partial charge is 0.280 e. The molecule has 0 bridgehead atoms. The first-order valence-electron chi connectivity index (χ1n) is 6.64. The predicted molar refractivity (Wildman–Crippen MR) is 80.4 cm³/mol. The molecule has 0 fully saturated rings. The summed E-state index contributed by atoms with van der Waals surface area (Å²) >= 11 is 0. The van der Waals surface area contributed by atoms with E-state index in [1.54, 1.807) is 43.3 Å². The Labute approximate surface area is 128 Å². The van der Waals surface area contributed by atoms with Gasteiger partial charge in [-0.3, -0.25) is 4.79 Å². The molecule has 0 aliphatic carbocycles. The number of hydrogen-bond donors (Lipinski definition) is 1. The standard InChI is InChI=1S/C16H15N3O3/c1-11-3-6-15(21-11)10-18-19-16(20)12(2)22-14-7-4-13(9-17)5-8-14/h3-8,10,12H,1-2H3,(H,19,20)/b18-10+. The molecule has 0 radical (unpaired) electrons. The lowest BCUT2D eigenvalue weighted by atomic mass is 10.2. The molecular weight excluding hydrogens is 282 g/mol. The third-order valence-electron chi connectivity index (χ3n) is 2.79. The second-order valence-electron chi connectivity index (χ2n) is 4.58. The van der Waals surface area contributed by atoms with Crippen LogP contribution in [0.5, 0.6) is 5.75 Å². The minimum absolute atomic E-state index is 0.385. The van der Waals surface area contributed by atoms with Crippen LogP contribution in [-0.4, -0.2) is 18.2 Å².